The SMILES string of the molecule is N#CC1Cc2c(ccc3c2NC(N(CO)Cc2ccccc2)S3)NC1=O. The van der Waals surface area contributed by atoms with E-state index in [-0.39, 0.29) is 18.1 Å². The molecule has 3 N–H and O–H groups in total. The van der Waals surface area contributed by atoms with Gasteiger partial charge >= 0.3 is 0 Å². The number of hydrogen-bond donors (Lipinski definition) is 3. The maximum absolute atomic E-state index is 11.9. The third-order valence-electron chi connectivity index (χ3n) is 4.66. The molecular formula is C19H18N4O2S. The van der Waals surface area contributed by atoms with Gasteiger partial charge in [-0.3, -0.25) is 4.79 Å². The molecule has 2 aromatic carbocycles. The Kier molecular flexibility index (Phi) is 4.55. The van der Waals surface area contributed by atoms with Crippen LogP contribution in [0.5, 0.6) is 0 Å². The molecule has 7 heteroatoms. The summed E-state index contributed by atoms with van der Waals surface area (Å²) in [6.07, 6.45) is 0.402. The molecule has 1 amide bonds. The fourth-order valence-corrected chi connectivity index (χ4v) is 4.45. The first-order valence-corrected chi connectivity index (χ1v) is 9.26. The molecular weight excluding hydrogens is 348 g/mol. The van der Waals surface area contributed by atoms with E-state index >= 15 is 0 Å². The van der Waals surface area contributed by atoms with Crippen LogP contribution in [0.3, 0.4) is 0 Å². The summed E-state index contributed by atoms with van der Waals surface area (Å²) in [5.74, 6) is -0.915. The van der Waals surface area contributed by atoms with Crippen molar-refractivity contribution in [2.45, 2.75) is 23.4 Å². The molecule has 4 rings (SSSR count). The molecule has 2 aromatic rings. The summed E-state index contributed by atoms with van der Waals surface area (Å²) in [7, 11) is 0. The molecule has 0 aromatic heterocycles. The summed E-state index contributed by atoms with van der Waals surface area (Å²) < 4.78 is 0. The Hall–Kier alpha value is -2.53. The Balaban J connectivity index is 1.57. The summed E-state index contributed by atoms with van der Waals surface area (Å²) >= 11 is 1.63. The van der Waals surface area contributed by atoms with Gasteiger partial charge in [-0.05, 0) is 17.7 Å². The minimum atomic E-state index is -0.668. The number of thioether (sulfide) groups is 1. The van der Waals surface area contributed by atoms with E-state index in [4.69, 9.17) is 0 Å². The topological polar surface area (TPSA) is 88.4 Å². The number of carbonyl (C=O) groups excluding carboxylic acids is 1. The molecule has 0 saturated carbocycles. The van der Waals surface area contributed by atoms with Crippen molar-refractivity contribution in [2.75, 3.05) is 17.4 Å². The zero-order valence-corrected chi connectivity index (χ0v) is 14.8. The highest BCUT2D eigenvalue weighted by Crippen LogP contribution is 2.46. The maximum atomic E-state index is 11.9. The monoisotopic (exact) mass is 366 g/mol. The second-order valence-corrected chi connectivity index (χ2v) is 7.45. The van der Waals surface area contributed by atoms with Crippen LogP contribution in [-0.4, -0.2) is 28.1 Å². The minimum Gasteiger partial charge on any atom is -0.381 e. The van der Waals surface area contributed by atoms with Gasteiger partial charge in [0.2, 0.25) is 5.91 Å². The Morgan fingerprint density at radius 2 is 2.08 bits per heavy atom. The minimum absolute atomic E-state index is 0.0761. The van der Waals surface area contributed by atoms with Crippen LogP contribution in [0.2, 0.25) is 0 Å². The number of hydrogen-bond acceptors (Lipinski definition) is 6. The molecule has 2 heterocycles. The second kappa shape index (κ2) is 7.00. The maximum Gasteiger partial charge on any atom is 0.242 e. The van der Waals surface area contributed by atoms with E-state index in [9.17, 15) is 15.2 Å². The van der Waals surface area contributed by atoms with Crippen LogP contribution in [0, 0.1) is 17.2 Å². The Labute approximate surface area is 155 Å². The predicted molar refractivity (Wildman–Crippen MR) is 100 cm³/mol. The average Bonchev–Trinajstić information content (AvgIpc) is 3.10. The molecule has 0 fully saturated rings. The molecule has 132 valence electrons. The van der Waals surface area contributed by atoms with Gasteiger partial charge in [0.15, 0.2) is 0 Å². The van der Waals surface area contributed by atoms with Gasteiger partial charge in [-0.25, -0.2) is 4.90 Å². The Morgan fingerprint density at radius 3 is 2.81 bits per heavy atom. The van der Waals surface area contributed by atoms with Crippen LogP contribution < -0.4 is 10.6 Å². The van der Waals surface area contributed by atoms with Crippen molar-refractivity contribution in [1.29, 1.82) is 5.26 Å². The number of amides is 1. The van der Waals surface area contributed by atoms with Gasteiger partial charge in [0.25, 0.3) is 0 Å². The van der Waals surface area contributed by atoms with Gasteiger partial charge in [-0.1, -0.05) is 42.1 Å². The quantitative estimate of drug-likeness (QED) is 0.721. The number of aliphatic hydroxyl groups is 1. The molecule has 2 aliphatic heterocycles. The fraction of sp³-hybridized carbons (Fsp3) is 0.263. The Bertz CT molecular complexity index is 881. The lowest BCUT2D eigenvalue weighted by Gasteiger charge is -2.27. The third-order valence-corrected chi connectivity index (χ3v) is 5.89. The van der Waals surface area contributed by atoms with Crippen molar-refractivity contribution in [3.05, 3.63) is 53.6 Å². The van der Waals surface area contributed by atoms with Gasteiger partial charge in [0, 0.05) is 29.1 Å². The number of benzene rings is 2. The van der Waals surface area contributed by atoms with E-state index < -0.39 is 5.92 Å². The number of fused-ring (bicyclic) bond motifs is 3. The molecule has 2 atom stereocenters. The average molecular weight is 366 g/mol. The lowest BCUT2D eigenvalue weighted by atomic mass is 9.93. The highest BCUT2D eigenvalue weighted by Gasteiger charge is 2.34. The van der Waals surface area contributed by atoms with Crippen molar-refractivity contribution in [3.8, 4) is 6.07 Å². The lowest BCUT2D eigenvalue weighted by Crippen LogP contribution is -2.37. The molecule has 2 aliphatic rings. The van der Waals surface area contributed by atoms with E-state index in [1.807, 2.05) is 47.4 Å². The van der Waals surface area contributed by atoms with Crippen LogP contribution in [0.15, 0.2) is 47.4 Å². The van der Waals surface area contributed by atoms with Gasteiger partial charge in [-0.15, -0.1) is 0 Å². The van der Waals surface area contributed by atoms with Crippen molar-refractivity contribution in [2.24, 2.45) is 5.92 Å². The van der Waals surface area contributed by atoms with Crippen molar-refractivity contribution < 1.29 is 9.90 Å². The van der Waals surface area contributed by atoms with E-state index in [0.717, 1.165) is 27.4 Å². The van der Waals surface area contributed by atoms with Crippen molar-refractivity contribution >= 4 is 29.0 Å². The number of nitriles is 1. The highest BCUT2D eigenvalue weighted by molar-refractivity contribution is 8.00. The predicted octanol–water partition coefficient (Wildman–Crippen LogP) is 2.57. The first-order chi connectivity index (χ1) is 12.7. The van der Waals surface area contributed by atoms with Gasteiger partial charge < -0.3 is 15.7 Å². The van der Waals surface area contributed by atoms with Gasteiger partial charge in [0.1, 0.15) is 11.4 Å². The standard InChI is InChI=1S/C19H18N4O2S/c20-9-13-8-14-15(21-18(13)25)6-7-16-17(14)22-19(26-16)23(11-24)10-12-4-2-1-3-5-12/h1-7,13,19,22,24H,8,10-11H2,(H,21,25). The molecule has 2 unspecified atom stereocenters. The molecule has 0 aliphatic carbocycles. The second-order valence-electron chi connectivity index (χ2n) is 6.33. The first-order valence-electron chi connectivity index (χ1n) is 8.38. The fourth-order valence-electron chi connectivity index (χ4n) is 3.30. The molecule has 0 radical (unpaired) electrons. The van der Waals surface area contributed by atoms with Crippen LogP contribution in [0.1, 0.15) is 11.1 Å². The molecule has 26 heavy (non-hydrogen) atoms. The molecule has 0 spiro atoms. The molecule has 6 nitrogen and oxygen atoms in total. The number of anilines is 2. The summed E-state index contributed by atoms with van der Waals surface area (Å²) in [6.45, 7) is 0.545. The van der Waals surface area contributed by atoms with E-state index in [1.54, 1.807) is 11.8 Å². The first kappa shape index (κ1) is 16.9. The molecule has 0 saturated heterocycles. The zero-order valence-electron chi connectivity index (χ0n) is 14.0. The van der Waals surface area contributed by atoms with Crippen LogP contribution in [0.25, 0.3) is 0 Å². The summed E-state index contributed by atoms with van der Waals surface area (Å²) in [5, 5.41) is 25.3. The largest absolute Gasteiger partial charge is 0.381 e. The number of aliphatic hydroxyl groups excluding tert-OH is 1. The van der Waals surface area contributed by atoms with Crippen LogP contribution >= 0.6 is 11.8 Å². The van der Waals surface area contributed by atoms with E-state index in [2.05, 4.69) is 16.7 Å². The number of rotatable bonds is 4. The number of nitrogens with zero attached hydrogens (tertiary/aromatic N) is 2. The van der Waals surface area contributed by atoms with E-state index in [0.29, 0.717) is 13.0 Å². The zero-order chi connectivity index (χ0) is 18.1. The third kappa shape index (κ3) is 3.03. The van der Waals surface area contributed by atoms with Gasteiger partial charge in [0.05, 0.1) is 18.5 Å². The number of nitrogens with one attached hydrogen (secondary N) is 2. The summed E-state index contributed by atoms with van der Waals surface area (Å²) in [6, 6.07) is 15.9. The van der Waals surface area contributed by atoms with Gasteiger partial charge in [-0.2, -0.15) is 5.26 Å². The lowest BCUT2D eigenvalue weighted by molar-refractivity contribution is -0.118. The summed E-state index contributed by atoms with van der Waals surface area (Å²) in [4.78, 5) is 14.9. The van der Waals surface area contributed by atoms with E-state index in [1.165, 1.54) is 0 Å². The van der Waals surface area contributed by atoms with Crippen LogP contribution in [-0.2, 0) is 17.8 Å². The highest BCUT2D eigenvalue weighted by atomic mass is 32.2. The van der Waals surface area contributed by atoms with Crippen molar-refractivity contribution in [1.82, 2.24) is 4.90 Å². The Morgan fingerprint density at radius 1 is 1.27 bits per heavy atom. The number of carbonyl (C=O) groups is 1. The summed E-state index contributed by atoms with van der Waals surface area (Å²) in [5.41, 5.74) is 3.68. The normalized spacial score (nSPS) is 20.7. The van der Waals surface area contributed by atoms with Crippen molar-refractivity contribution in [3.63, 3.8) is 0 Å². The smallest absolute Gasteiger partial charge is 0.242 e. The molecule has 0 bridgehead atoms. The van der Waals surface area contributed by atoms with Crippen LogP contribution in [0.4, 0.5) is 11.4 Å².